The van der Waals surface area contributed by atoms with Crippen molar-refractivity contribution in [3.8, 4) is 0 Å². The number of hydrogen-bond acceptors (Lipinski definition) is 6. The Morgan fingerprint density at radius 2 is 1.81 bits per heavy atom. The van der Waals surface area contributed by atoms with Crippen molar-refractivity contribution in [1.82, 2.24) is 10.2 Å². The van der Waals surface area contributed by atoms with Crippen LogP contribution in [0.2, 0.25) is 0 Å². The monoisotopic (exact) mass is 460 g/mol. The topological polar surface area (TPSA) is 84.0 Å². The number of benzene rings is 1. The highest BCUT2D eigenvalue weighted by molar-refractivity contribution is 8.01. The fraction of sp³-hybridized carbons (Fsp3) is 0.565. The number of anilines is 2. The molecule has 1 aromatic heterocycles. The molecule has 2 amide bonds. The standard InChI is InChI=1S/C23H32N4O2S2/c1-3-5-6-17-7-11-18(12-8-17)21(29)25-22-26-27-23(31-22)30-15-20(28)24-19-13-9-16(4-2)10-14-19/h9-10,13-14,17-18H,3-8,11-12,15H2,1-2H3,(H,24,28)(H,25,26,29). The van der Waals surface area contributed by atoms with Gasteiger partial charge in [-0.2, -0.15) is 0 Å². The van der Waals surface area contributed by atoms with Gasteiger partial charge in [-0.3, -0.25) is 9.59 Å². The van der Waals surface area contributed by atoms with E-state index in [9.17, 15) is 9.59 Å². The van der Waals surface area contributed by atoms with Gasteiger partial charge in [0.25, 0.3) is 0 Å². The number of nitrogens with zero attached hydrogens (tertiary/aromatic N) is 2. The Balaban J connectivity index is 1.39. The number of rotatable bonds is 10. The molecule has 0 spiro atoms. The molecule has 1 fully saturated rings. The van der Waals surface area contributed by atoms with Crippen LogP contribution in [0.3, 0.4) is 0 Å². The lowest BCUT2D eigenvalue weighted by Gasteiger charge is -2.27. The second-order valence-electron chi connectivity index (χ2n) is 8.11. The summed E-state index contributed by atoms with van der Waals surface area (Å²) in [6.45, 7) is 4.33. The van der Waals surface area contributed by atoms with Crippen LogP contribution in [-0.4, -0.2) is 27.8 Å². The van der Waals surface area contributed by atoms with Crippen molar-refractivity contribution in [3.63, 3.8) is 0 Å². The number of carbonyl (C=O) groups is 2. The maximum absolute atomic E-state index is 12.6. The van der Waals surface area contributed by atoms with E-state index in [1.807, 2.05) is 24.3 Å². The lowest BCUT2D eigenvalue weighted by atomic mass is 9.79. The zero-order valence-corrected chi connectivity index (χ0v) is 20.0. The third kappa shape index (κ3) is 7.61. The molecular weight excluding hydrogens is 428 g/mol. The molecule has 0 bridgehead atoms. The molecule has 6 nitrogen and oxygen atoms in total. The van der Waals surface area contributed by atoms with Gasteiger partial charge in [-0.05, 0) is 55.7 Å². The van der Waals surface area contributed by atoms with E-state index in [1.165, 1.54) is 47.9 Å². The number of aromatic nitrogens is 2. The van der Waals surface area contributed by atoms with E-state index in [4.69, 9.17) is 0 Å². The molecule has 0 aliphatic heterocycles. The second-order valence-corrected chi connectivity index (χ2v) is 10.3. The largest absolute Gasteiger partial charge is 0.325 e. The van der Waals surface area contributed by atoms with E-state index >= 15 is 0 Å². The van der Waals surface area contributed by atoms with Gasteiger partial charge in [0.05, 0.1) is 5.75 Å². The first-order chi connectivity index (χ1) is 15.1. The number of unbranched alkanes of at least 4 members (excludes halogenated alkanes) is 1. The molecule has 0 radical (unpaired) electrons. The van der Waals surface area contributed by atoms with E-state index in [0.29, 0.717) is 9.47 Å². The Bertz CT molecular complexity index is 846. The van der Waals surface area contributed by atoms with Crippen LogP contribution in [0.15, 0.2) is 28.6 Å². The summed E-state index contributed by atoms with van der Waals surface area (Å²) in [5, 5.41) is 14.5. The smallest absolute Gasteiger partial charge is 0.234 e. The summed E-state index contributed by atoms with van der Waals surface area (Å²) >= 11 is 2.65. The van der Waals surface area contributed by atoms with Crippen LogP contribution in [0.25, 0.3) is 0 Å². The number of nitrogens with one attached hydrogen (secondary N) is 2. The van der Waals surface area contributed by atoms with Crippen LogP contribution in [0.5, 0.6) is 0 Å². The molecule has 1 saturated carbocycles. The summed E-state index contributed by atoms with van der Waals surface area (Å²) in [6, 6.07) is 7.86. The summed E-state index contributed by atoms with van der Waals surface area (Å²) < 4.78 is 0.676. The molecule has 0 unspecified atom stereocenters. The van der Waals surface area contributed by atoms with E-state index < -0.39 is 0 Å². The van der Waals surface area contributed by atoms with Gasteiger partial charge in [-0.15, -0.1) is 10.2 Å². The highest BCUT2D eigenvalue weighted by Crippen LogP contribution is 2.33. The van der Waals surface area contributed by atoms with Gasteiger partial charge in [-0.25, -0.2) is 0 Å². The molecule has 1 aliphatic carbocycles. The number of carbonyl (C=O) groups excluding carboxylic acids is 2. The van der Waals surface area contributed by atoms with Gasteiger partial charge >= 0.3 is 0 Å². The number of amides is 2. The van der Waals surface area contributed by atoms with Crippen LogP contribution in [0.4, 0.5) is 10.8 Å². The SMILES string of the molecule is CCCCC1CCC(C(=O)Nc2nnc(SCC(=O)Nc3ccc(CC)cc3)s2)CC1. The molecule has 3 rings (SSSR count). The van der Waals surface area contributed by atoms with Crippen molar-refractivity contribution in [3.05, 3.63) is 29.8 Å². The van der Waals surface area contributed by atoms with Crippen LogP contribution in [0, 0.1) is 11.8 Å². The summed E-state index contributed by atoms with van der Waals surface area (Å²) in [5.41, 5.74) is 2.03. The van der Waals surface area contributed by atoms with Crippen LogP contribution in [-0.2, 0) is 16.0 Å². The van der Waals surface area contributed by atoms with Crippen molar-refractivity contribution in [2.24, 2.45) is 11.8 Å². The Morgan fingerprint density at radius 1 is 1.06 bits per heavy atom. The molecule has 1 aromatic carbocycles. The predicted octanol–water partition coefficient (Wildman–Crippen LogP) is 5.77. The molecule has 168 valence electrons. The average molecular weight is 461 g/mol. The number of hydrogen-bond donors (Lipinski definition) is 2. The molecular formula is C23H32N4O2S2. The highest BCUT2D eigenvalue weighted by Gasteiger charge is 2.26. The van der Waals surface area contributed by atoms with E-state index in [2.05, 4.69) is 34.7 Å². The molecule has 1 aliphatic rings. The normalized spacial score (nSPS) is 18.5. The molecule has 2 N–H and O–H groups in total. The van der Waals surface area contributed by atoms with Gasteiger partial charge in [-0.1, -0.05) is 68.3 Å². The van der Waals surface area contributed by atoms with Gasteiger partial charge in [0.1, 0.15) is 0 Å². The summed E-state index contributed by atoms with van der Waals surface area (Å²) in [6.07, 6.45) is 9.00. The first-order valence-electron chi connectivity index (χ1n) is 11.2. The lowest BCUT2D eigenvalue weighted by Crippen LogP contribution is -2.27. The molecule has 0 saturated heterocycles. The highest BCUT2D eigenvalue weighted by atomic mass is 32.2. The van der Waals surface area contributed by atoms with Gasteiger partial charge in [0.2, 0.25) is 16.9 Å². The number of thioether (sulfide) groups is 1. The Labute approximate surface area is 193 Å². The second kappa shape index (κ2) is 12.2. The summed E-state index contributed by atoms with van der Waals surface area (Å²) in [5.74, 6) is 1.07. The number of aryl methyl sites for hydroxylation is 1. The zero-order valence-electron chi connectivity index (χ0n) is 18.4. The third-order valence-corrected chi connectivity index (χ3v) is 7.76. The third-order valence-electron chi connectivity index (χ3n) is 5.79. The van der Waals surface area contributed by atoms with Crippen molar-refractivity contribution in [2.45, 2.75) is 69.6 Å². The van der Waals surface area contributed by atoms with Crippen molar-refractivity contribution in [2.75, 3.05) is 16.4 Å². The fourth-order valence-electron chi connectivity index (χ4n) is 3.88. The first-order valence-corrected chi connectivity index (χ1v) is 13.0. The average Bonchev–Trinajstić information content (AvgIpc) is 3.24. The molecule has 2 aromatic rings. The minimum absolute atomic E-state index is 0.0508. The van der Waals surface area contributed by atoms with Gasteiger partial charge in [0, 0.05) is 11.6 Å². The maximum Gasteiger partial charge on any atom is 0.234 e. The zero-order chi connectivity index (χ0) is 22.1. The van der Waals surface area contributed by atoms with Gasteiger partial charge in [0.15, 0.2) is 4.34 Å². The van der Waals surface area contributed by atoms with E-state index in [-0.39, 0.29) is 23.5 Å². The fourth-order valence-corrected chi connectivity index (χ4v) is 5.44. The minimum Gasteiger partial charge on any atom is -0.325 e. The van der Waals surface area contributed by atoms with Crippen LogP contribution in [0.1, 0.15) is 64.4 Å². The molecule has 1 heterocycles. The van der Waals surface area contributed by atoms with E-state index in [0.717, 1.165) is 43.7 Å². The molecule has 8 heteroatoms. The van der Waals surface area contributed by atoms with Gasteiger partial charge < -0.3 is 10.6 Å². The maximum atomic E-state index is 12.6. The van der Waals surface area contributed by atoms with Crippen molar-refractivity contribution in [1.29, 1.82) is 0 Å². The molecule has 0 atom stereocenters. The first kappa shape index (κ1) is 23.7. The summed E-state index contributed by atoms with van der Waals surface area (Å²) in [7, 11) is 0. The lowest BCUT2D eigenvalue weighted by molar-refractivity contribution is -0.121. The summed E-state index contributed by atoms with van der Waals surface area (Å²) in [4.78, 5) is 24.7. The predicted molar refractivity (Wildman–Crippen MR) is 129 cm³/mol. The quantitative estimate of drug-likeness (QED) is 0.347. The Morgan fingerprint density at radius 3 is 2.48 bits per heavy atom. The van der Waals surface area contributed by atoms with Crippen molar-refractivity contribution < 1.29 is 9.59 Å². The minimum atomic E-state index is -0.0881. The van der Waals surface area contributed by atoms with Crippen LogP contribution < -0.4 is 10.6 Å². The van der Waals surface area contributed by atoms with E-state index in [1.54, 1.807) is 0 Å². The van der Waals surface area contributed by atoms with Crippen molar-refractivity contribution >= 4 is 45.7 Å². The van der Waals surface area contributed by atoms with Crippen LogP contribution >= 0.6 is 23.1 Å². The Kier molecular flexibility index (Phi) is 9.33. The molecule has 31 heavy (non-hydrogen) atoms. The Hall–Kier alpha value is -1.93.